The third-order valence-corrected chi connectivity index (χ3v) is 5.88. The Morgan fingerprint density at radius 3 is 2.04 bits per heavy atom. The highest BCUT2D eigenvalue weighted by Gasteiger charge is 2.31. The van der Waals surface area contributed by atoms with Crippen LogP contribution >= 0.6 is 0 Å². The van der Waals surface area contributed by atoms with E-state index >= 15 is 0 Å². The van der Waals surface area contributed by atoms with Crippen LogP contribution in [0.15, 0.2) is 65.7 Å². The summed E-state index contributed by atoms with van der Waals surface area (Å²) in [6.07, 6.45) is 4.34. The zero-order valence-corrected chi connectivity index (χ0v) is 16.7. The predicted molar refractivity (Wildman–Crippen MR) is 113 cm³/mol. The Bertz CT molecular complexity index is 709. The van der Waals surface area contributed by atoms with Gasteiger partial charge in [0.05, 0.1) is 26.1 Å². The van der Waals surface area contributed by atoms with Crippen LogP contribution in [0.4, 0.5) is 0 Å². The second-order valence-corrected chi connectivity index (χ2v) is 7.96. The minimum Gasteiger partial charge on any atom is -0.363 e. The molecule has 2 heterocycles. The molecule has 0 radical (unpaired) electrons. The van der Waals surface area contributed by atoms with E-state index in [1.54, 1.807) is 0 Å². The molecule has 4 heteroatoms. The van der Waals surface area contributed by atoms with Crippen molar-refractivity contribution in [2.75, 3.05) is 32.8 Å². The SMILES string of the molecule is CC1(CN=CN2CCC(C(c3ccccc3)c3ccccc3)CC2)OCCO1. The lowest BCUT2D eigenvalue weighted by Crippen LogP contribution is -2.36. The van der Waals surface area contributed by atoms with Crippen LogP contribution in [-0.4, -0.2) is 49.9 Å². The summed E-state index contributed by atoms with van der Waals surface area (Å²) >= 11 is 0. The average molecular weight is 379 g/mol. The molecule has 0 spiro atoms. The lowest BCUT2D eigenvalue weighted by Gasteiger charge is -2.36. The first kappa shape index (κ1) is 19.2. The maximum absolute atomic E-state index is 5.62. The number of nitrogens with zero attached hydrogens (tertiary/aromatic N) is 2. The van der Waals surface area contributed by atoms with Crippen molar-refractivity contribution in [1.82, 2.24) is 4.90 Å². The highest BCUT2D eigenvalue weighted by Crippen LogP contribution is 2.37. The van der Waals surface area contributed by atoms with Crippen LogP contribution in [0.25, 0.3) is 0 Å². The van der Waals surface area contributed by atoms with Gasteiger partial charge in [0, 0.05) is 19.0 Å². The molecule has 2 aliphatic heterocycles. The van der Waals surface area contributed by atoms with Crippen molar-refractivity contribution in [2.24, 2.45) is 10.9 Å². The standard InChI is InChI=1S/C24H30N2O2/c1-24(27-16-17-28-24)18-25-19-26-14-12-22(13-15-26)23(20-8-4-2-5-9-20)21-10-6-3-7-11-21/h2-11,19,22-23H,12-18H2,1H3. The van der Waals surface area contributed by atoms with E-state index in [0.29, 0.717) is 31.6 Å². The molecule has 2 aromatic rings. The molecular weight excluding hydrogens is 348 g/mol. The van der Waals surface area contributed by atoms with Crippen LogP contribution in [0.5, 0.6) is 0 Å². The molecule has 0 unspecified atom stereocenters. The molecule has 0 bridgehead atoms. The van der Waals surface area contributed by atoms with E-state index in [2.05, 4.69) is 70.6 Å². The summed E-state index contributed by atoms with van der Waals surface area (Å²) in [5.74, 6) is 0.565. The Labute approximate surface area is 168 Å². The molecule has 2 fully saturated rings. The van der Waals surface area contributed by atoms with E-state index in [-0.39, 0.29) is 0 Å². The maximum atomic E-state index is 5.62. The van der Waals surface area contributed by atoms with Gasteiger partial charge in [-0.3, -0.25) is 4.99 Å². The van der Waals surface area contributed by atoms with E-state index in [1.165, 1.54) is 24.0 Å². The molecule has 2 saturated heterocycles. The second kappa shape index (κ2) is 8.89. The van der Waals surface area contributed by atoms with Crippen LogP contribution < -0.4 is 0 Å². The fraction of sp³-hybridized carbons (Fsp3) is 0.458. The topological polar surface area (TPSA) is 34.1 Å². The molecule has 0 N–H and O–H groups in total. The van der Waals surface area contributed by atoms with Crippen molar-refractivity contribution < 1.29 is 9.47 Å². The largest absolute Gasteiger partial charge is 0.363 e. The fourth-order valence-electron chi connectivity index (χ4n) is 4.40. The quantitative estimate of drug-likeness (QED) is 0.554. The lowest BCUT2D eigenvalue weighted by atomic mass is 9.76. The Balaban J connectivity index is 1.39. The van der Waals surface area contributed by atoms with Crippen molar-refractivity contribution in [1.29, 1.82) is 0 Å². The highest BCUT2D eigenvalue weighted by molar-refractivity contribution is 5.55. The zero-order chi connectivity index (χ0) is 19.2. The maximum Gasteiger partial charge on any atom is 0.185 e. The third-order valence-electron chi connectivity index (χ3n) is 5.88. The molecule has 4 rings (SSSR count). The Morgan fingerprint density at radius 2 is 1.50 bits per heavy atom. The minimum atomic E-state index is -0.541. The second-order valence-electron chi connectivity index (χ2n) is 7.96. The summed E-state index contributed by atoms with van der Waals surface area (Å²) in [6.45, 7) is 5.94. The Morgan fingerprint density at radius 1 is 0.964 bits per heavy atom. The van der Waals surface area contributed by atoms with E-state index in [4.69, 9.17) is 9.47 Å². The first-order valence-corrected chi connectivity index (χ1v) is 10.4. The van der Waals surface area contributed by atoms with Gasteiger partial charge < -0.3 is 14.4 Å². The first-order chi connectivity index (χ1) is 13.7. The van der Waals surface area contributed by atoms with Gasteiger partial charge in [-0.1, -0.05) is 60.7 Å². The molecule has 2 aliphatic rings. The molecule has 0 atom stereocenters. The number of aliphatic imine (C=N–C) groups is 1. The number of hydrogen-bond acceptors (Lipinski definition) is 3. The van der Waals surface area contributed by atoms with E-state index in [0.717, 1.165) is 13.1 Å². The van der Waals surface area contributed by atoms with Crippen LogP contribution in [0.2, 0.25) is 0 Å². The summed E-state index contributed by atoms with van der Waals surface area (Å²) < 4.78 is 11.2. The van der Waals surface area contributed by atoms with Crippen LogP contribution in [0.3, 0.4) is 0 Å². The molecule has 4 nitrogen and oxygen atoms in total. The molecular formula is C24H30N2O2. The van der Waals surface area contributed by atoms with Gasteiger partial charge in [0.15, 0.2) is 5.79 Å². The lowest BCUT2D eigenvalue weighted by molar-refractivity contribution is -0.132. The third kappa shape index (κ3) is 4.62. The smallest absolute Gasteiger partial charge is 0.185 e. The van der Waals surface area contributed by atoms with E-state index in [1.807, 2.05) is 13.3 Å². The zero-order valence-electron chi connectivity index (χ0n) is 16.7. The minimum absolute atomic E-state index is 0.459. The summed E-state index contributed by atoms with van der Waals surface area (Å²) in [6, 6.07) is 21.9. The molecule has 2 aromatic carbocycles. The number of ether oxygens (including phenoxy) is 2. The van der Waals surface area contributed by atoms with Gasteiger partial charge in [-0.25, -0.2) is 0 Å². The normalized spacial score (nSPS) is 20.3. The fourth-order valence-corrected chi connectivity index (χ4v) is 4.40. The van der Waals surface area contributed by atoms with Gasteiger partial charge in [0.25, 0.3) is 0 Å². The van der Waals surface area contributed by atoms with Crippen LogP contribution in [0, 0.1) is 5.92 Å². The van der Waals surface area contributed by atoms with Gasteiger partial charge in [-0.2, -0.15) is 0 Å². The predicted octanol–water partition coefficient (Wildman–Crippen LogP) is 4.32. The first-order valence-electron chi connectivity index (χ1n) is 10.4. The summed E-state index contributed by atoms with van der Waals surface area (Å²) in [4.78, 5) is 6.92. The highest BCUT2D eigenvalue weighted by atomic mass is 16.7. The van der Waals surface area contributed by atoms with Gasteiger partial charge in [0.2, 0.25) is 0 Å². The van der Waals surface area contributed by atoms with Crippen molar-refractivity contribution in [2.45, 2.75) is 31.5 Å². The monoisotopic (exact) mass is 378 g/mol. The molecule has 0 saturated carbocycles. The van der Waals surface area contributed by atoms with Crippen molar-refractivity contribution in [3.05, 3.63) is 71.8 Å². The average Bonchev–Trinajstić information content (AvgIpc) is 3.17. The van der Waals surface area contributed by atoms with Crippen molar-refractivity contribution >= 4 is 6.34 Å². The summed E-state index contributed by atoms with van der Waals surface area (Å²) in [5.41, 5.74) is 2.84. The summed E-state index contributed by atoms with van der Waals surface area (Å²) in [7, 11) is 0. The van der Waals surface area contributed by atoms with E-state index < -0.39 is 5.79 Å². The van der Waals surface area contributed by atoms with Crippen LogP contribution in [-0.2, 0) is 9.47 Å². The van der Waals surface area contributed by atoms with Gasteiger partial charge in [-0.15, -0.1) is 0 Å². The number of rotatable bonds is 6. The Hall–Kier alpha value is -2.17. The number of likely N-dealkylation sites (tertiary alicyclic amines) is 1. The molecule has 0 amide bonds. The van der Waals surface area contributed by atoms with Gasteiger partial charge >= 0.3 is 0 Å². The van der Waals surface area contributed by atoms with Gasteiger partial charge in [-0.05, 0) is 36.8 Å². The molecule has 28 heavy (non-hydrogen) atoms. The number of piperidine rings is 1. The molecule has 0 aromatic heterocycles. The van der Waals surface area contributed by atoms with Crippen molar-refractivity contribution in [3.8, 4) is 0 Å². The molecule has 0 aliphatic carbocycles. The summed E-state index contributed by atoms with van der Waals surface area (Å²) in [5, 5.41) is 0. The van der Waals surface area contributed by atoms with Crippen molar-refractivity contribution in [3.63, 3.8) is 0 Å². The molecule has 148 valence electrons. The Kier molecular flexibility index (Phi) is 6.08. The number of hydrogen-bond donors (Lipinski definition) is 0. The number of benzene rings is 2. The van der Waals surface area contributed by atoms with Crippen LogP contribution in [0.1, 0.15) is 36.8 Å². The van der Waals surface area contributed by atoms with Gasteiger partial charge in [0.1, 0.15) is 0 Å². The van der Waals surface area contributed by atoms with E-state index in [9.17, 15) is 0 Å².